The van der Waals surface area contributed by atoms with Crippen LogP contribution in [0, 0.1) is 0 Å². The Bertz CT molecular complexity index is 1130. The first-order valence-corrected chi connectivity index (χ1v) is 11.4. The van der Waals surface area contributed by atoms with Crippen molar-refractivity contribution in [3.05, 3.63) is 58.5 Å². The predicted molar refractivity (Wildman–Crippen MR) is 134 cm³/mol. The molecule has 0 aromatic heterocycles. The molecule has 3 amide bonds. The van der Waals surface area contributed by atoms with Gasteiger partial charge < -0.3 is 24.3 Å². The van der Waals surface area contributed by atoms with Crippen LogP contribution >= 0.6 is 11.8 Å². The number of thioether (sulfide) groups is 1. The van der Waals surface area contributed by atoms with Gasteiger partial charge in [0.15, 0.2) is 11.5 Å². The Morgan fingerprint density at radius 1 is 0.943 bits per heavy atom. The van der Waals surface area contributed by atoms with Crippen LogP contribution in [0.15, 0.2) is 47.4 Å². The topological polar surface area (TPSA) is 103 Å². The first kappa shape index (κ1) is 25.7. The van der Waals surface area contributed by atoms with Crippen molar-refractivity contribution >= 4 is 41.0 Å². The van der Waals surface area contributed by atoms with Crippen LogP contribution in [0.2, 0.25) is 0 Å². The maximum absolute atomic E-state index is 12.8. The molecule has 1 aliphatic heterocycles. The number of hydrogen-bond acceptors (Lipinski definition) is 8. The molecule has 0 radical (unpaired) electrons. The summed E-state index contributed by atoms with van der Waals surface area (Å²) in [7, 11) is 6.07. The molecule has 1 aliphatic rings. The van der Waals surface area contributed by atoms with Crippen molar-refractivity contribution in [3.63, 3.8) is 0 Å². The fourth-order valence-corrected chi connectivity index (χ4v) is 4.13. The summed E-state index contributed by atoms with van der Waals surface area (Å²) in [6, 6.07) is 10.6. The van der Waals surface area contributed by atoms with Crippen molar-refractivity contribution in [1.29, 1.82) is 0 Å². The lowest BCUT2D eigenvalue weighted by Crippen LogP contribution is -2.36. The van der Waals surface area contributed by atoms with Crippen molar-refractivity contribution in [2.45, 2.75) is 0 Å². The highest BCUT2D eigenvalue weighted by molar-refractivity contribution is 8.18. The lowest BCUT2D eigenvalue weighted by molar-refractivity contribution is -0.123. The van der Waals surface area contributed by atoms with E-state index in [4.69, 9.17) is 18.9 Å². The zero-order valence-corrected chi connectivity index (χ0v) is 20.6. The van der Waals surface area contributed by atoms with Crippen LogP contribution in [0.4, 0.5) is 4.79 Å². The summed E-state index contributed by atoms with van der Waals surface area (Å²) in [6.45, 7) is 0.181. The van der Waals surface area contributed by atoms with Gasteiger partial charge in [0, 0.05) is 19.2 Å². The summed E-state index contributed by atoms with van der Waals surface area (Å²) in [6.07, 6.45) is 4.64. The minimum Gasteiger partial charge on any atom is -0.497 e. The molecule has 3 rings (SSSR count). The summed E-state index contributed by atoms with van der Waals surface area (Å²) in [5, 5.41) is 2.27. The number of amides is 3. The number of carbonyl (C=O) groups is 3. The van der Waals surface area contributed by atoms with Gasteiger partial charge in [-0.05, 0) is 59.3 Å². The van der Waals surface area contributed by atoms with Crippen LogP contribution < -0.4 is 24.3 Å². The number of benzene rings is 2. The maximum Gasteiger partial charge on any atom is 0.293 e. The fraction of sp³-hybridized carbons (Fsp3) is 0.240. The molecule has 1 heterocycles. The number of carbonyl (C=O) groups excluding carboxylic acids is 3. The van der Waals surface area contributed by atoms with E-state index in [0.29, 0.717) is 22.8 Å². The molecule has 0 spiro atoms. The Kier molecular flexibility index (Phi) is 8.80. The Hall–Kier alpha value is -3.92. The third-order valence-electron chi connectivity index (χ3n) is 5.04. The molecular weight excluding hydrogens is 472 g/mol. The summed E-state index contributed by atoms with van der Waals surface area (Å²) >= 11 is 0.832. The lowest BCUT2D eigenvalue weighted by Gasteiger charge is -2.13. The molecule has 2 aromatic rings. The van der Waals surface area contributed by atoms with E-state index in [1.54, 1.807) is 43.5 Å². The van der Waals surface area contributed by atoms with Gasteiger partial charge in [0.05, 0.1) is 33.3 Å². The summed E-state index contributed by atoms with van der Waals surface area (Å²) in [4.78, 5) is 38.6. The van der Waals surface area contributed by atoms with Crippen molar-refractivity contribution in [2.75, 3.05) is 41.5 Å². The van der Waals surface area contributed by atoms with Gasteiger partial charge in [0.1, 0.15) is 5.75 Å². The van der Waals surface area contributed by atoms with E-state index in [-0.39, 0.29) is 23.9 Å². The SMILES string of the molecule is COc1ccc(/C=C\C(=O)NCCN2C(=O)S/C(=C\c3cc(OC)c(OC)c(OC)c3)C2=O)cc1. The Morgan fingerprint density at radius 2 is 1.60 bits per heavy atom. The second kappa shape index (κ2) is 12.0. The number of nitrogens with one attached hydrogen (secondary N) is 1. The number of methoxy groups -OCH3 is 4. The van der Waals surface area contributed by atoms with E-state index in [1.165, 1.54) is 27.4 Å². The Balaban J connectivity index is 1.60. The van der Waals surface area contributed by atoms with E-state index in [1.807, 2.05) is 12.1 Å². The molecule has 0 saturated carbocycles. The van der Waals surface area contributed by atoms with Gasteiger partial charge in [-0.3, -0.25) is 19.3 Å². The van der Waals surface area contributed by atoms with Gasteiger partial charge in [-0.15, -0.1) is 0 Å². The van der Waals surface area contributed by atoms with Crippen LogP contribution in [0.5, 0.6) is 23.0 Å². The lowest BCUT2D eigenvalue weighted by atomic mass is 10.1. The molecule has 1 saturated heterocycles. The molecule has 184 valence electrons. The van der Waals surface area contributed by atoms with Crippen LogP contribution in [-0.2, 0) is 9.59 Å². The molecule has 0 atom stereocenters. The zero-order valence-electron chi connectivity index (χ0n) is 19.8. The van der Waals surface area contributed by atoms with E-state index < -0.39 is 11.1 Å². The molecule has 0 unspecified atom stereocenters. The molecule has 2 aromatic carbocycles. The van der Waals surface area contributed by atoms with E-state index in [0.717, 1.165) is 28.0 Å². The second-order valence-electron chi connectivity index (χ2n) is 7.19. The minimum atomic E-state index is -0.434. The smallest absolute Gasteiger partial charge is 0.293 e. The monoisotopic (exact) mass is 498 g/mol. The normalized spacial score (nSPS) is 14.5. The van der Waals surface area contributed by atoms with E-state index in [2.05, 4.69) is 5.32 Å². The fourth-order valence-electron chi connectivity index (χ4n) is 3.27. The largest absolute Gasteiger partial charge is 0.497 e. The average Bonchev–Trinajstić information content (AvgIpc) is 3.14. The maximum atomic E-state index is 12.8. The van der Waals surface area contributed by atoms with Crippen LogP contribution in [0.3, 0.4) is 0 Å². The molecular formula is C25H26N2O7S. The second-order valence-corrected chi connectivity index (χ2v) is 8.18. The Morgan fingerprint density at radius 3 is 2.17 bits per heavy atom. The van der Waals surface area contributed by atoms with Crippen LogP contribution in [0.1, 0.15) is 11.1 Å². The first-order valence-electron chi connectivity index (χ1n) is 10.6. The number of rotatable bonds is 10. The van der Waals surface area contributed by atoms with Crippen LogP contribution in [-0.4, -0.2) is 63.5 Å². The quantitative estimate of drug-likeness (QED) is 0.496. The standard InChI is InChI=1S/C25H26N2O7S/c1-31-18-8-5-16(6-9-18)7-10-22(28)26-11-12-27-24(29)21(35-25(27)30)15-17-13-19(32-2)23(34-4)20(14-17)33-3/h5-10,13-15H,11-12H2,1-4H3,(H,26,28)/b10-7-,21-15-. The average molecular weight is 499 g/mol. The van der Waals surface area contributed by atoms with Gasteiger partial charge in [-0.2, -0.15) is 0 Å². The summed E-state index contributed by atoms with van der Waals surface area (Å²) in [5.41, 5.74) is 1.45. The van der Waals surface area contributed by atoms with Gasteiger partial charge in [0.2, 0.25) is 11.7 Å². The van der Waals surface area contributed by atoms with Gasteiger partial charge in [0.25, 0.3) is 11.1 Å². The first-order chi connectivity index (χ1) is 16.9. The highest BCUT2D eigenvalue weighted by Crippen LogP contribution is 2.40. The molecule has 0 bridgehead atoms. The number of ether oxygens (including phenoxy) is 4. The summed E-state index contributed by atoms with van der Waals surface area (Å²) < 4.78 is 21.1. The molecule has 1 N–H and O–H groups in total. The van der Waals surface area contributed by atoms with Crippen molar-refractivity contribution in [2.24, 2.45) is 0 Å². The number of nitrogens with zero attached hydrogens (tertiary/aromatic N) is 1. The summed E-state index contributed by atoms with van der Waals surface area (Å²) in [5.74, 6) is 1.25. The van der Waals surface area contributed by atoms with Gasteiger partial charge in [-0.1, -0.05) is 12.1 Å². The number of hydrogen-bond donors (Lipinski definition) is 1. The van der Waals surface area contributed by atoms with Gasteiger partial charge in [-0.25, -0.2) is 0 Å². The number of imide groups is 1. The highest BCUT2D eigenvalue weighted by atomic mass is 32.2. The van der Waals surface area contributed by atoms with Crippen molar-refractivity contribution < 1.29 is 33.3 Å². The molecule has 1 fully saturated rings. The van der Waals surface area contributed by atoms with E-state index >= 15 is 0 Å². The minimum absolute atomic E-state index is 0.0549. The molecule has 9 nitrogen and oxygen atoms in total. The highest BCUT2D eigenvalue weighted by Gasteiger charge is 2.34. The van der Waals surface area contributed by atoms with Crippen molar-refractivity contribution in [3.8, 4) is 23.0 Å². The molecule has 10 heteroatoms. The Labute approximate surface area is 207 Å². The third kappa shape index (κ3) is 6.36. The molecule has 0 aliphatic carbocycles. The van der Waals surface area contributed by atoms with Crippen molar-refractivity contribution in [1.82, 2.24) is 10.2 Å². The predicted octanol–water partition coefficient (Wildman–Crippen LogP) is 3.59. The zero-order chi connectivity index (χ0) is 25.4. The third-order valence-corrected chi connectivity index (χ3v) is 5.94. The van der Waals surface area contributed by atoms with Gasteiger partial charge >= 0.3 is 0 Å². The molecule has 35 heavy (non-hydrogen) atoms. The van der Waals surface area contributed by atoms with E-state index in [9.17, 15) is 14.4 Å². The van der Waals surface area contributed by atoms with Crippen LogP contribution in [0.25, 0.3) is 12.2 Å².